The van der Waals surface area contributed by atoms with Crippen LogP contribution < -0.4 is 5.32 Å². The van der Waals surface area contributed by atoms with Gasteiger partial charge in [-0.25, -0.2) is 9.18 Å². The number of aromatic carboxylic acids is 1. The number of thiophene rings is 1. The van der Waals surface area contributed by atoms with Crippen molar-refractivity contribution in [3.63, 3.8) is 0 Å². The fraction of sp³-hybridized carbons (Fsp3) is 0.267. The molecule has 1 atom stereocenters. The fourth-order valence-electron chi connectivity index (χ4n) is 2.63. The molecule has 0 aliphatic heterocycles. The normalized spacial score (nSPS) is 17.3. The molecule has 6 heteroatoms. The lowest BCUT2D eigenvalue weighted by atomic mass is 9.94. The van der Waals surface area contributed by atoms with Crippen LogP contribution in [0.5, 0.6) is 0 Å². The summed E-state index contributed by atoms with van der Waals surface area (Å²) in [5, 5.41) is 12.2. The van der Waals surface area contributed by atoms with Gasteiger partial charge in [0.05, 0.1) is 21.1 Å². The third-order valence-corrected chi connectivity index (χ3v) is 5.34. The molecule has 3 nitrogen and oxygen atoms in total. The van der Waals surface area contributed by atoms with Gasteiger partial charge in [-0.2, -0.15) is 0 Å². The molecule has 0 spiro atoms. The van der Waals surface area contributed by atoms with Crippen LogP contribution in [0.2, 0.25) is 0 Å². The summed E-state index contributed by atoms with van der Waals surface area (Å²) in [6.45, 7) is 0. The van der Waals surface area contributed by atoms with Crippen LogP contribution in [0.15, 0.2) is 28.1 Å². The Morgan fingerprint density at radius 1 is 1.43 bits per heavy atom. The molecule has 1 unspecified atom stereocenters. The van der Waals surface area contributed by atoms with Gasteiger partial charge in [0.15, 0.2) is 0 Å². The van der Waals surface area contributed by atoms with Crippen LogP contribution in [-0.4, -0.2) is 11.1 Å². The molecule has 1 aliphatic rings. The minimum atomic E-state index is -1.05. The highest BCUT2D eigenvalue weighted by Crippen LogP contribution is 2.39. The van der Waals surface area contributed by atoms with Crippen molar-refractivity contribution < 1.29 is 14.3 Å². The summed E-state index contributed by atoms with van der Waals surface area (Å²) in [5.74, 6) is -1.48. The first kappa shape index (κ1) is 14.5. The molecule has 0 amide bonds. The van der Waals surface area contributed by atoms with Gasteiger partial charge >= 0.3 is 5.97 Å². The molecule has 0 saturated heterocycles. The topological polar surface area (TPSA) is 49.3 Å². The van der Waals surface area contributed by atoms with Gasteiger partial charge in [0.2, 0.25) is 0 Å². The van der Waals surface area contributed by atoms with Crippen molar-refractivity contribution in [2.24, 2.45) is 0 Å². The number of nitrogens with one attached hydrogen (secondary N) is 1. The van der Waals surface area contributed by atoms with Gasteiger partial charge < -0.3 is 10.4 Å². The molecule has 21 heavy (non-hydrogen) atoms. The van der Waals surface area contributed by atoms with Crippen molar-refractivity contribution in [1.29, 1.82) is 0 Å². The molecular formula is C15H13BrFNO2S. The van der Waals surface area contributed by atoms with E-state index >= 15 is 0 Å². The second-order valence-corrected chi connectivity index (χ2v) is 7.53. The number of carbonyl (C=O) groups is 1. The first-order valence-electron chi connectivity index (χ1n) is 6.62. The third kappa shape index (κ3) is 2.96. The van der Waals surface area contributed by atoms with Crippen LogP contribution in [0.1, 0.15) is 39.7 Å². The SMILES string of the molecule is O=C(O)c1ccc(F)c(NC2CCCc3sc(Br)cc32)c1. The van der Waals surface area contributed by atoms with Gasteiger partial charge in [-0.1, -0.05) is 0 Å². The maximum atomic E-state index is 13.9. The molecule has 0 saturated carbocycles. The first-order chi connectivity index (χ1) is 10.0. The predicted molar refractivity (Wildman–Crippen MR) is 84.7 cm³/mol. The molecule has 1 aromatic heterocycles. The lowest BCUT2D eigenvalue weighted by Gasteiger charge is -2.25. The fourth-order valence-corrected chi connectivity index (χ4v) is 4.45. The number of carboxylic acid groups (broad SMARTS) is 1. The van der Waals surface area contributed by atoms with Crippen molar-refractivity contribution in [1.82, 2.24) is 0 Å². The smallest absolute Gasteiger partial charge is 0.335 e. The number of halogens is 2. The number of aryl methyl sites for hydroxylation is 1. The molecule has 0 radical (unpaired) electrons. The lowest BCUT2D eigenvalue weighted by molar-refractivity contribution is 0.0697. The summed E-state index contributed by atoms with van der Waals surface area (Å²) in [7, 11) is 0. The molecule has 1 aliphatic carbocycles. The van der Waals surface area contributed by atoms with Crippen molar-refractivity contribution >= 4 is 38.9 Å². The zero-order valence-corrected chi connectivity index (χ0v) is 13.4. The summed E-state index contributed by atoms with van der Waals surface area (Å²) in [5.41, 5.74) is 1.51. The largest absolute Gasteiger partial charge is 0.478 e. The maximum absolute atomic E-state index is 13.9. The molecule has 2 N–H and O–H groups in total. The van der Waals surface area contributed by atoms with Crippen LogP contribution >= 0.6 is 27.3 Å². The predicted octanol–water partition coefficient (Wildman–Crippen LogP) is 4.84. The average Bonchev–Trinajstić information content (AvgIpc) is 2.82. The Hall–Kier alpha value is -1.40. The Balaban J connectivity index is 1.91. The zero-order chi connectivity index (χ0) is 15.0. The number of carboxylic acids is 1. The highest BCUT2D eigenvalue weighted by atomic mass is 79.9. The van der Waals surface area contributed by atoms with Crippen LogP contribution in [0, 0.1) is 5.82 Å². The molecule has 0 bridgehead atoms. The van der Waals surface area contributed by atoms with Gasteiger partial charge in [-0.15, -0.1) is 11.3 Å². The number of hydrogen-bond donors (Lipinski definition) is 2. The molecule has 1 aromatic carbocycles. The number of anilines is 1. The van der Waals surface area contributed by atoms with Crippen molar-refractivity contribution in [3.05, 3.63) is 49.9 Å². The minimum Gasteiger partial charge on any atom is -0.478 e. The van der Waals surface area contributed by atoms with Gasteiger partial charge in [0.1, 0.15) is 5.82 Å². The Bertz CT molecular complexity index is 701. The van der Waals surface area contributed by atoms with E-state index in [0.29, 0.717) is 0 Å². The van der Waals surface area contributed by atoms with Gasteiger partial charge in [-0.3, -0.25) is 0 Å². The number of fused-ring (bicyclic) bond motifs is 1. The Morgan fingerprint density at radius 3 is 3.00 bits per heavy atom. The second kappa shape index (κ2) is 5.77. The number of benzene rings is 1. The monoisotopic (exact) mass is 369 g/mol. The van der Waals surface area contributed by atoms with E-state index in [0.717, 1.165) is 23.0 Å². The number of hydrogen-bond acceptors (Lipinski definition) is 3. The summed E-state index contributed by atoms with van der Waals surface area (Å²) in [6, 6.07) is 5.91. The Labute approximate surface area is 133 Å². The van der Waals surface area contributed by atoms with Crippen LogP contribution in [0.3, 0.4) is 0 Å². The van der Waals surface area contributed by atoms with E-state index in [1.54, 1.807) is 11.3 Å². The summed E-state index contributed by atoms with van der Waals surface area (Å²) < 4.78 is 15.0. The molecule has 0 fully saturated rings. The van der Waals surface area contributed by atoms with Gasteiger partial charge in [-0.05, 0) is 65.0 Å². The minimum absolute atomic E-state index is 0.0230. The third-order valence-electron chi connectivity index (χ3n) is 3.63. The molecule has 3 rings (SSSR count). The number of rotatable bonds is 3. The van der Waals surface area contributed by atoms with Crippen molar-refractivity contribution in [3.8, 4) is 0 Å². The average molecular weight is 370 g/mol. The summed E-state index contributed by atoms with van der Waals surface area (Å²) in [4.78, 5) is 12.3. The second-order valence-electron chi connectivity index (χ2n) is 5.02. The summed E-state index contributed by atoms with van der Waals surface area (Å²) in [6.07, 6.45) is 2.99. The quantitative estimate of drug-likeness (QED) is 0.813. The van der Waals surface area contributed by atoms with Gasteiger partial charge in [0, 0.05) is 4.88 Å². The highest BCUT2D eigenvalue weighted by molar-refractivity contribution is 9.11. The van der Waals surface area contributed by atoms with Crippen LogP contribution in [0.4, 0.5) is 10.1 Å². The molecule has 1 heterocycles. The van der Waals surface area contributed by atoms with E-state index in [1.807, 2.05) is 0 Å². The molecular weight excluding hydrogens is 357 g/mol. The van der Waals surface area contributed by atoms with Gasteiger partial charge in [0.25, 0.3) is 0 Å². The summed E-state index contributed by atoms with van der Waals surface area (Å²) >= 11 is 5.19. The maximum Gasteiger partial charge on any atom is 0.335 e. The molecule has 2 aromatic rings. The van der Waals surface area contributed by atoms with E-state index in [2.05, 4.69) is 27.3 Å². The lowest BCUT2D eigenvalue weighted by Crippen LogP contribution is -2.16. The highest BCUT2D eigenvalue weighted by Gasteiger charge is 2.23. The zero-order valence-electron chi connectivity index (χ0n) is 11.0. The van der Waals surface area contributed by atoms with Crippen LogP contribution in [0.25, 0.3) is 0 Å². The van der Waals surface area contributed by atoms with E-state index in [4.69, 9.17) is 5.11 Å². The van der Waals surface area contributed by atoms with Crippen molar-refractivity contribution in [2.45, 2.75) is 25.3 Å². The van der Waals surface area contributed by atoms with Crippen LogP contribution in [-0.2, 0) is 6.42 Å². The molecule has 110 valence electrons. The van der Waals surface area contributed by atoms with E-state index in [9.17, 15) is 9.18 Å². The standard InChI is InChI=1S/C15H13BrFNO2S/c16-14-7-9-11(2-1-3-13(9)21-14)18-12-6-8(15(19)20)4-5-10(12)17/h4-7,11,18H,1-3H2,(H,19,20). The Morgan fingerprint density at radius 2 is 2.24 bits per heavy atom. The van der Waals surface area contributed by atoms with E-state index in [1.165, 1.54) is 28.6 Å². The van der Waals surface area contributed by atoms with Crippen molar-refractivity contribution in [2.75, 3.05) is 5.32 Å². The van der Waals surface area contributed by atoms with E-state index < -0.39 is 11.8 Å². The van der Waals surface area contributed by atoms with E-state index in [-0.39, 0.29) is 17.3 Å². The Kier molecular flexibility index (Phi) is 3.99. The first-order valence-corrected chi connectivity index (χ1v) is 8.23.